The molecular formula is C33H41N3O7. The summed E-state index contributed by atoms with van der Waals surface area (Å²) in [6.45, 7) is 9.12. The lowest BCUT2D eigenvalue weighted by Gasteiger charge is -2.43. The second kappa shape index (κ2) is 11.9. The van der Waals surface area contributed by atoms with Gasteiger partial charge in [0.25, 0.3) is 0 Å². The number of nitrogens with zero attached hydrogens (tertiary/aromatic N) is 1. The van der Waals surface area contributed by atoms with E-state index in [1.54, 1.807) is 32.1 Å². The number of fused-ring (bicyclic) bond motifs is 2. The van der Waals surface area contributed by atoms with Crippen LogP contribution in [0.3, 0.4) is 0 Å². The van der Waals surface area contributed by atoms with Gasteiger partial charge >= 0.3 is 11.6 Å². The maximum atomic E-state index is 13.1. The standard InChI is InChI=1S/C33H41N3O7/c1-5-20(2)30(39)43-32(3,4)33(17-23-14-28(34)35-19-25(23)15-29(38)36-9-7-10-36)18-24-13-22-12-21(8-6-11-37)31(40)41-26(22)16-27(24)42-33/h5,12-14,16,35,37H,6-11,15,17-19,34H2,1-4H3. The van der Waals surface area contributed by atoms with Gasteiger partial charge in [0.15, 0.2) is 5.60 Å². The lowest BCUT2D eigenvalue weighted by Crippen LogP contribution is -2.56. The number of nitrogens with two attached hydrogens (primary N) is 1. The summed E-state index contributed by atoms with van der Waals surface area (Å²) in [5.74, 6) is 0.657. The molecule has 0 bridgehead atoms. The molecule has 10 nitrogen and oxygen atoms in total. The number of dihydropyridines is 1. The minimum Gasteiger partial charge on any atom is -0.482 e. The number of allylic oxidation sites excluding steroid dienone is 2. The number of aryl methyl sites for hydroxylation is 1. The number of aliphatic hydroxyl groups excluding tert-OH is 1. The quantitative estimate of drug-likeness (QED) is 0.215. The average Bonchev–Trinajstić information content (AvgIpc) is 3.29. The summed E-state index contributed by atoms with van der Waals surface area (Å²) in [5.41, 5.74) is 7.62. The van der Waals surface area contributed by atoms with Crippen LogP contribution in [0, 0.1) is 0 Å². The molecule has 3 aliphatic rings. The van der Waals surface area contributed by atoms with Crippen LogP contribution in [-0.4, -0.2) is 59.3 Å². The highest BCUT2D eigenvalue weighted by Gasteiger charge is 2.54. The van der Waals surface area contributed by atoms with Crippen molar-refractivity contribution in [3.8, 4) is 5.75 Å². The minimum atomic E-state index is -1.13. The Bertz CT molecular complexity index is 1600. The van der Waals surface area contributed by atoms with Crippen molar-refractivity contribution in [2.75, 3.05) is 26.2 Å². The number of esters is 1. The number of ether oxygens (including phenoxy) is 2. The number of likely N-dealkylation sites (tertiary alicyclic amines) is 1. The smallest absolute Gasteiger partial charge is 0.339 e. The van der Waals surface area contributed by atoms with E-state index >= 15 is 0 Å². The third-order valence-electron chi connectivity index (χ3n) is 8.91. The molecule has 10 heteroatoms. The highest BCUT2D eigenvalue weighted by Crippen LogP contribution is 2.48. The second-order valence-corrected chi connectivity index (χ2v) is 12.2. The van der Waals surface area contributed by atoms with Gasteiger partial charge in [-0.15, -0.1) is 0 Å². The largest absolute Gasteiger partial charge is 0.482 e. The Morgan fingerprint density at radius 3 is 2.70 bits per heavy atom. The maximum Gasteiger partial charge on any atom is 0.339 e. The van der Waals surface area contributed by atoms with Gasteiger partial charge in [0.2, 0.25) is 5.91 Å². The highest BCUT2D eigenvalue weighted by molar-refractivity contribution is 5.88. The van der Waals surface area contributed by atoms with Crippen molar-refractivity contribution in [2.24, 2.45) is 5.73 Å². The van der Waals surface area contributed by atoms with Crippen LogP contribution in [0.25, 0.3) is 11.0 Å². The average molecular weight is 592 g/mol. The summed E-state index contributed by atoms with van der Waals surface area (Å²) in [6.07, 6.45) is 6.42. The second-order valence-electron chi connectivity index (χ2n) is 12.2. The normalized spacial score (nSPS) is 20.3. The molecule has 3 aliphatic heterocycles. The van der Waals surface area contributed by atoms with E-state index < -0.39 is 22.8 Å². The van der Waals surface area contributed by atoms with Crippen LogP contribution in [0.4, 0.5) is 0 Å². The van der Waals surface area contributed by atoms with Crippen molar-refractivity contribution in [3.63, 3.8) is 0 Å². The van der Waals surface area contributed by atoms with Gasteiger partial charge in [0, 0.05) is 61.7 Å². The zero-order valence-electron chi connectivity index (χ0n) is 25.4. The Hall–Kier alpha value is -4.05. The lowest BCUT2D eigenvalue weighted by molar-refractivity contribution is -0.174. The van der Waals surface area contributed by atoms with Crippen molar-refractivity contribution in [3.05, 3.63) is 74.4 Å². The van der Waals surface area contributed by atoms with Crippen LogP contribution >= 0.6 is 0 Å². The van der Waals surface area contributed by atoms with Gasteiger partial charge in [-0.1, -0.05) is 6.08 Å². The molecule has 1 aromatic carbocycles. The van der Waals surface area contributed by atoms with Gasteiger partial charge in [-0.05, 0) is 81.9 Å². The van der Waals surface area contributed by atoms with Gasteiger partial charge in [0.1, 0.15) is 16.9 Å². The summed E-state index contributed by atoms with van der Waals surface area (Å²) in [7, 11) is 0. The Labute approximate surface area is 251 Å². The molecule has 2 aromatic rings. The summed E-state index contributed by atoms with van der Waals surface area (Å²) < 4.78 is 18.6. The zero-order chi connectivity index (χ0) is 30.9. The monoisotopic (exact) mass is 591 g/mol. The van der Waals surface area contributed by atoms with Crippen molar-refractivity contribution < 1.29 is 28.6 Å². The molecule has 0 radical (unpaired) electrons. The van der Waals surface area contributed by atoms with Gasteiger partial charge in [0.05, 0.1) is 12.2 Å². The number of rotatable bonds is 10. The molecule has 1 fully saturated rings. The molecule has 4 N–H and O–H groups in total. The van der Waals surface area contributed by atoms with Gasteiger partial charge < -0.3 is 34.9 Å². The number of hydrogen-bond donors (Lipinski definition) is 3. The number of amides is 1. The highest BCUT2D eigenvalue weighted by atomic mass is 16.6. The van der Waals surface area contributed by atoms with E-state index in [2.05, 4.69) is 5.32 Å². The van der Waals surface area contributed by atoms with Crippen molar-refractivity contribution in [2.45, 2.75) is 77.4 Å². The number of carbonyl (C=O) groups excluding carboxylic acids is 2. The predicted octanol–water partition coefficient (Wildman–Crippen LogP) is 3.39. The molecule has 4 heterocycles. The predicted molar refractivity (Wildman–Crippen MR) is 162 cm³/mol. The fourth-order valence-corrected chi connectivity index (χ4v) is 5.82. The molecule has 1 amide bonds. The molecule has 43 heavy (non-hydrogen) atoms. The Morgan fingerprint density at radius 1 is 1.26 bits per heavy atom. The molecule has 1 atom stereocenters. The fourth-order valence-electron chi connectivity index (χ4n) is 5.82. The van der Waals surface area contributed by atoms with Crippen LogP contribution in [0.1, 0.15) is 64.5 Å². The van der Waals surface area contributed by atoms with E-state index in [0.717, 1.165) is 41.6 Å². The van der Waals surface area contributed by atoms with E-state index in [0.29, 0.717) is 60.5 Å². The molecule has 5 rings (SSSR count). The molecule has 1 unspecified atom stereocenters. The molecule has 230 valence electrons. The third kappa shape index (κ3) is 6.06. The minimum absolute atomic E-state index is 0.0194. The first-order chi connectivity index (χ1) is 20.4. The van der Waals surface area contributed by atoms with Crippen molar-refractivity contribution in [1.29, 1.82) is 0 Å². The molecule has 1 aromatic heterocycles. The summed E-state index contributed by atoms with van der Waals surface area (Å²) in [4.78, 5) is 40.5. The van der Waals surface area contributed by atoms with Crippen LogP contribution in [0.2, 0.25) is 0 Å². The summed E-state index contributed by atoms with van der Waals surface area (Å²) in [5, 5.41) is 13.1. The summed E-state index contributed by atoms with van der Waals surface area (Å²) >= 11 is 0. The first-order valence-corrected chi connectivity index (χ1v) is 14.9. The van der Waals surface area contributed by atoms with Gasteiger partial charge in [-0.3, -0.25) is 4.79 Å². The molecule has 0 saturated carbocycles. The van der Waals surface area contributed by atoms with Gasteiger partial charge in [-0.25, -0.2) is 9.59 Å². The Morgan fingerprint density at radius 2 is 2.02 bits per heavy atom. The maximum absolute atomic E-state index is 13.1. The molecular weight excluding hydrogens is 550 g/mol. The first-order valence-electron chi connectivity index (χ1n) is 14.9. The zero-order valence-corrected chi connectivity index (χ0v) is 25.4. The number of hydrogen-bond acceptors (Lipinski definition) is 9. The summed E-state index contributed by atoms with van der Waals surface area (Å²) in [6, 6.07) is 5.46. The van der Waals surface area contributed by atoms with E-state index in [-0.39, 0.29) is 18.9 Å². The first kappa shape index (κ1) is 30.4. The fraction of sp³-hybridized carbons (Fsp3) is 0.485. The van der Waals surface area contributed by atoms with Crippen LogP contribution in [0.15, 0.2) is 62.1 Å². The molecule has 0 aliphatic carbocycles. The Balaban J connectivity index is 1.56. The third-order valence-corrected chi connectivity index (χ3v) is 8.91. The van der Waals surface area contributed by atoms with Gasteiger partial charge in [-0.2, -0.15) is 0 Å². The van der Waals surface area contributed by atoms with Crippen LogP contribution in [0.5, 0.6) is 5.75 Å². The number of carbonyl (C=O) groups is 2. The van der Waals surface area contributed by atoms with Crippen LogP contribution in [-0.2, 0) is 27.2 Å². The molecule has 1 saturated heterocycles. The van der Waals surface area contributed by atoms with Crippen LogP contribution < -0.4 is 21.4 Å². The van der Waals surface area contributed by atoms with Crippen molar-refractivity contribution in [1.82, 2.24) is 10.2 Å². The SMILES string of the molecule is CC=C(C)C(=O)OC(C)(C)C1(CC2=C(CC(=O)N3CCC3)CNC(N)=C2)Cc2cc3cc(CCCO)c(=O)oc3cc2O1. The van der Waals surface area contributed by atoms with E-state index in [1.165, 1.54) is 0 Å². The number of aliphatic hydroxyl groups is 1. The van der Waals surface area contributed by atoms with E-state index in [1.807, 2.05) is 30.9 Å². The molecule has 0 spiro atoms. The lowest BCUT2D eigenvalue weighted by atomic mass is 9.75. The topological polar surface area (TPSA) is 144 Å². The van der Waals surface area contributed by atoms with E-state index in [4.69, 9.17) is 19.6 Å². The number of nitrogens with one attached hydrogen (secondary N) is 1. The van der Waals surface area contributed by atoms with Crippen molar-refractivity contribution >= 4 is 22.8 Å². The van der Waals surface area contributed by atoms with E-state index in [9.17, 15) is 19.5 Å². The number of benzene rings is 1. The Kier molecular flexibility index (Phi) is 8.42.